The number of benzene rings is 3. The van der Waals surface area contributed by atoms with Crippen LogP contribution in [0.4, 0.5) is 5.82 Å². The number of hydrogen-bond donors (Lipinski definition) is 0. The molecule has 26 heavy (non-hydrogen) atoms. The Balaban J connectivity index is 1.79. The van der Waals surface area contributed by atoms with Crippen LogP contribution in [0.5, 0.6) is 0 Å². The molecule has 4 rings (SSSR count). The Labute approximate surface area is 152 Å². The molecule has 0 aliphatic rings. The van der Waals surface area contributed by atoms with Gasteiger partial charge in [-0.05, 0) is 34.5 Å². The summed E-state index contributed by atoms with van der Waals surface area (Å²) in [5.74, 6) is 0.596. The first-order valence-electron chi connectivity index (χ1n) is 8.57. The van der Waals surface area contributed by atoms with Gasteiger partial charge < -0.3 is 0 Å². The van der Waals surface area contributed by atoms with Crippen LogP contribution in [0.1, 0.15) is 15.9 Å². The van der Waals surface area contributed by atoms with Gasteiger partial charge in [-0.15, -0.1) is 0 Å². The molecule has 0 spiro atoms. The average molecular weight is 338 g/mol. The smallest absolute Gasteiger partial charge is 0.260 e. The predicted octanol–water partition coefficient (Wildman–Crippen LogP) is 5.08. The number of aromatic nitrogens is 1. The van der Waals surface area contributed by atoms with E-state index in [1.807, 2.05) is 91.0 Å². The second-order valence-corrected chi connectivity index (χ2v) is 6.09. The summed E-state index contributed by atoms with van der Waals surface area (Å²) >= 11 is 0. The van der Waals surface area contributed by atoms with Crippen LogP contribution in [0.3, 0.4) is 0 Å². The zero-order valence-electron chi connectivity index (χ0n) is 14.2. The van der Waals surface area contributed by atoms with Crippen LogP contribution in [0.2, 0.25) is 0 Å². The fourth-order valence-electron chi connectivity index (χ4n) is 3.09. The highest BCUT2D eigenvalue weighted by Crippen LogP contribution is 2.23. The van der Waals surface area contributed by atoms with Crippen molar-refractivity contribution in [3.05, 3.63) is 108 Å². The summed E-state index contributed by atoms with van der Waals surface area (Å²) in [5, 5.41) is 2.01. The minimum atomic E-state index is -0.0515. The van der Waals surface area contributed by atoms with Crippen molar-refractivity contribution in [2.45, 2.75) is 6.54 Å². The van der Waals surface area contributed by atoms with E-state index in [4.69, 9.17) is 0 Å². The van der Waals surface area contributed by atoms with Gasteiger partial charge in [0, 0.05) is 11.8 Å². The van der Waals surface area contributed by atoms with Crippen molar-refractivity contribution < 1.29 is 4.79 Å². The molecule has 0 N–H and O–H groups in total. The number of amides is 1. The lowest BCUT2D eigenvalue weighted by atomic mass is 10.0. The monoisotopic (exact) mass is 338 g/mol. The molecule has 1 heterocycles. The maximum absolute atomic E-state index is 13.4. The van der Waals surface area contributed by atoms with Crippen LogP contribution in [0.15, 0.2) is 97.2 Å². The third kappa shape index (κ3) is 3.20. The number of carbonyl (C=O) groups excluding carboxylic acids is 1. The number of carbonyl (C=O) groups is 1. The van der Waals surface area contributed by atoms with Gasteiger partial charge in [0.05, 0.1) is 6.54 Å². The molecule has 0 bridgehead atoms. The van der Waals surface area contributed by atoms with Crippen LogP contribution in [0, 0.1) is 0 Å². The molecule has 0 aliphatic carbocycles. The summed E-state index contributed by atoms with van der Waals surface area (Å²) < 4.78 is 0. The summed E-state index contributed by atoms with van der Waals surface area (Å²) in [7, 11) is 0. The van der Waals surface area contributed by atoms with Crippen molar-refractivity contribution in [3.63, 3.8) is 0 Å². The average Bonchev–Trinajstić information content (AvgIpc) is 2.72. The Bertz CT molecular complexity index is 1020. The molecule has 4 aromatic rings. The largest absolute Gasteiger partial charge is 0.288 e. The van der Waals surface area contributed by atoms with E-state index in [1.165, 1.54) is 0 Å². The van der Waals surface area contributed by atoms with Crippen LogP contribution in [0.25, 0.3) is 10.8 Å². The first-order chi connectivity index (χ1) is 12.8. The minimum Gasteiger partial charge on any atom is -0.288 e. The molecule has 3 aromatic carbocycles. The van der Waals surface area contributed by atoms with Crippen LogP contribution in [-0.2, 0) is 6.54 Å². The van der Waals surface area contributed by atoms with Crippen molar-refractivity contribution in [2.75, 3.05) is 4.90 Å². The minimum absolute atomic E-state index is 0.0515. The second-order valence-electron chi connectivity index (χ2n) is 6.09. The molecule has 126 valence electrons. The van der Waals surface area contributed by atoms with Gasteiger partial charge in [0.15, 0.2) is 0 Å². The molecule has 0 unspecified atom stereocenters. The van der Waals surface area contributed by atoms with Crippen molar-refractivity contribution in [1.82, 2.24) is 4.98 Å². The molecule has 1 aromatic heterocycles. The Morgan fingerprint density at radius 1 is 0.769 bits per heavy atom. The molecule has 3 heteroatoms. The lowest BCUT2D eigenvalue weighted by Crippen LogP contribution is -2.31. The fraction of sp³-hybridized carbons (Fsp3) is 0.0435. The van der Waals surface area contributed by atoms with E-state index in [1.54, 1.807) is 11.1 Å². The summed E-state index contributed by atoms with van der Waals surface area (Å²) in [6, 6.07) is 29.4. The Morgan fingerprint density at radius 3 is 2.31 bits per heavy atom. The summed E-state index contributed by atoms with van der Waals surface area (Å²) in [6.45, 7) is 0.472. The van der Waals surface area contributed by atoms with E-state index in [9.17, 15) is 4.79 Å². The number of nitrogens with zero attached hydrogens (tertiary/aromatic N) is 2. The Morgan fingerprint density at radius 2 is 1.50 bits per heavy atom. The van der Waals surface area contributed by atoms with Gasteiger partial charge in [0.25, 0.3) is 5.91 Å². The van der Waals surface area contributed by atoms with Gasteiger partial charge in [-0.25, -0.2) is 4.98 Å². The molecule has 0 saturated heterocycles. The molecular weight excluding hydrogens is 320 g/mol. The summed E-state index contributed by atoms with van der Waals surface area (Å²) in [4.78, 5) is 19.6. The molecule has 0 fully saturated rings. The van der Waals surface area contributed by atoms with Crippen LogP contribution in [-0.4, -0.2) is 10.9 Å². The maximum atomic E-state index is 13.4. The van der Waals surface area contributed by atoms with Gasteiger partial charge in [0.1, 0.15) is 5.82 Å². The van der Waals surface area contributed by atoms with Gasteiger partial charge >= 0.3 is 0 Å². The van der Waals surface area contributed by atoms with E-state index in [0.29, 0.717) is 17.9 Å². The van der Waals surface area contributed by atoms with Crippen molar-refractivity contribution >= 4 is 22.5 Å². The molecule has 0 aliphatic heterocycles. The molecule has 0 atom stereocenters. The SMILES string of the molecule is O=C(c1cccc2ccccc12)N(Cc1ccccc1)c1ccccn1. The summed E-state index contributed by atoms with van der Waals surface area (Å²) in [6.07, 6.45) is 1.71. The maximum Gasteiger partial charge on any atom is 0.260 e. The third-order valence-electron chi connectivity index (χ3n) is 4.37. The Hall–Kier alpha value is -3.46. The van der Waals surface area contributed by atoms with E-state index in [0.717, 1.165) is 16.3 Å². The fourth-order valence-corrected chi connectivity index (χ4v) is 3.09. The molecule has 1 amide bonds. The van der Waals surface area contributed by atoms with E-state index < -0.39 is 0 Å². The van der Waals surface area contributed by atoms with Crippen LogP contribution < -0.4 is 4.90 Å². The number of rotatable bonds is 4. The Kier molecular flexibility index (Phi) is 4.44. The molecule has 0 radical (unpaired) electrons. The highest BCUT2D eigenvalue weighted by Gasteiger charge is 2.20. The van der Waals surface area contributed by atoms with Gasteiger partial charge in [-0.3, -0.25) is 9.69 Å². The quantitative estimate of drug-likeness (QED) is 0.520. The van der Waals surface area contributed by atoms with E-state index in [2.05, 4.69) is 4.98 Å². The summed E-state index contributed by atoms with van der Waals surface area (Å²) in [5.41, 5.74) is 1.75. The predicted molar refractivity (Wildman–Crippen MR) is 105 cm³/mol. The number of pyridine rings is 1. The van der Waals surface area contributed by atoms with Gasteiger partial charge in [-0.2, -0.15) is 0 Å². The molecule has 0 saturated carbocycles. The third-order valence-corrected chi connectivity index (χ3v) is 4.37. The number of fused-ring (bicyclic) bond motifs is 1. The lowest BCUT2D eigenvalue weighted by molar-refractivity contribution is 0.0986. The second kappa shape index (κ2) is 7.19. The highest BCUT2D eigenvalue weighted by molar-refractivity contribution is 6.13. The van der Waals surface area contributed by atoms with E-state index >= 15 is 0 Å². The number of anilines is 1. The lowest BCUT2D eigenvalue weighted by Gasteiger charge is -2.22. The van der Waals surface area contributed by atoms with Crippen molar-refractivity contribution in [3.8, 4) is 0 Å². The first kappa shape index (κ1) is 16.0. The van der Waals surface area contributed by atoms with Crippen LogP contribution >= 0.6 is 0 Å². The normalized spacial score (nSPS) is 10.6. The van der Waals surface area contributed by atoms with Gasteiger partial charge in [0.2, 0.25) is 0 Å². The molecular formula is C23H18N2O. The first-order valence-corrected chi connectivity index (χ1v) is 8.57. The molecule has 3 nitrogen and oxygen atoms in total. The zero-order chi connectivity index (χ0) is 17.8. The standard InChI is InChI=1S/C23H18N2O/c26-23(21-14-8-12-19-11-4-5-13-20(19)21)25(22-15-6-7-16-24-22)17-18-9-2-1-3-10-18/h1-16H,17H2. The van der Waals surface area contributed by atoms with Crippen molar-refractivity contribution in [1.29, 1.82) is 0 Å². The zero-order valence-corrected chi connectivity index (χ0v) is 14.2. The number of hydrogen-bond acceptors (Lipinski definition) is 2. The topological polar surface area (TPSA) is 33.2 Å². The van der Waals surface area contributed by atoms with Crippen molar-refractivity contribution in [2.24, 2.45) is 0 Å². The highest BCUT2D eigenvalue weighted by atomic mass is 16.2. The van der Waals surface area contributed by atoms with E-state index in [-0.39, 0.29) is 5.91 Å². The van der Waals surface area contributed by atoms with Gasteiger partial charge in [-0.1, -0.05) is 72.8 Å².